The van der Waals surface area contributed by atoms with Crippen LogP contribution >= 0.6 is 0 Å². The van der Waals surface area contributed by atoms with Crippen LogP contribution in [0.3, 0.4) is 0 Å². The second-order valence-corrected chi connectivity index (χ2v) is 1.75. The molecule has 0 spiro atoms. The molecule has 0 bridgehead atoms. The molecule has 0 aromatic carbocycles. The van der Waals surface area contributed by atoms with E-state index in [2.05, 4.69) is 4.74 Å². The topological polar surface area (TPSA) is 50.1 Å². The highest BCUT2D eigenvalue weighted by Crippen LogP contribution is 1.92. The zero-order chi connectivity index (χ0) is 7.28. The van der Waals surface area contributed by atoms with Crippen molar-refractivity contribution in [2.75, 3.05) is 13.7 Å². The average Bonchev–Trinajstić information content (AvgIpc) is 1.87. The first-order valence-electron chi connectivity index (χ1n) is 2.63. The van der Waals surface area contributed by atoms with E-state index in [0.717, 1.165) is 0 Å². The van der Waals surface area contributed by atoms with Crippen LogP contribution in [0, 0.1) is 17.2 Å². The first-order chi connectivity index (χ1) is 4.22. The van der Waals surface area contributed by atoms with Crippen molar-refractivity contribution >= 4 is 5.78 Å². The molecule has 0 aliphatic rings. The number of carbonyl (C=O) groups is 1. The highest BCUT2D eigenvalue weighted by atomic mass is 16.5. The first kappa shape index (κ1) is 8.12. The molecule has 0 fully saturated rings. The molecule has 0 aromatic rings. The van der Waals surface area contributed by atoms with E-state index in [0.29, 0.717) is 0 Å². The van der Waals surface area contributed by atoms with Crippen molar-refractivity contribution in [3.05, 3.63) is 0 Å². The molecule has 9 heavy (non-hydrogen) atoms. The summed E-state index contributed by atoms with van der Waals surface area (Å²) < 4.78 is 4.53. The van der Waals surface area contributed by atoms with Crippen molar-refractivity contribution in [2.24, 2.45) is 5.92 Å². The third kappa shape index (κ3) is 2.83. The van der Waals surface area contributed by atoms with Gasteiger partial charge in [-0.2, -0.15) is 5.26 Å². The van der Waals surface area contributed by atoms with E-state index in [1.54, 1.807) is 6.92 Å². The van der Waals surface area contributed by atoms with E-state index in [4.69, 9.17) is 5.26 Å². The molecule has 0 aromatic heterocycles. The Bertz CT molecular complexity index is 136. The molecule has 0 aliphatic heterocycles. The Morgan fingerprint density at radius 2 is 2.44 bits per heavy atom. The lowest BCUT2D eigenvalue weighted by molar-refractivity contribution is -0.124. The van der Waals surface area contributed by atoms with Gasteiger partial charge in [0.05, 0.1) is 6.07 Å². The van der Waals surface area contributed by atoms with Gasteiger partial charge in [0.2, 0.25) is 0 Å². The summed E-state index contributed by atoms with van der Waals surface area (Å²) in [6.07, 6.45) is 0. The van der Waals surface area contributed by atoms with Gasteiger partial charge >= 0.3 is 0 Å². The number of carbonyl (C=O) groups excluding carboxylic acids is 1. The summed E-state index contributed by atoms with van der Waals surface area (Å²) >= 11 is 0. The largest absolute Gasteiger partial charge is 0.377 e. The molecule has 0 radical (unpaired) electrons. The number of rotatable bonds is 3. The summed E-state index contributed by atoms with van der Waals surface area (Å²) in [6.45, 7) is 1.59. The minimum absolute atomic E-state index is 0.0364. The monoisotopic (exact) mass is 127 g/mol. The molecule has 0 saturated heterocycles. The van der Waals surface area contributed by atoms with E-state index < -0.39 is 5.92 Å². The van der Waals surface area contributed by atoms with Gasteiger partial charge in [-0.1, -0.05) is 0 Å². The van der Waals surface area contributed by atoms with Crippen molar-refractivity contribution < 1.29 is 9.53 Å². The highest BCUT2D eigenvalue weighted by molar-refractivity contribution is 5.83. The minimum atomic E-state index is -0.537. The van der Waals surface area contributed by atoms with Crippen LogP contribution in [0.5, 0.6) is 0 Å². The maximum absolute atomic E-state index is 10.6. The molecule has 0 amide bonds. The summed E-state index contributed by atoms with van der Waals surface area (Å²) in [6, 6.07) is 1.82. The number of methoxy groups -OCH3 is 1. The Balaban J connectivity index is 3.63. The fourth-order valence-corrected chi connectivity index (χ4v) is 0.339. The van der Waals surface area contributed by atoms with Crippen LogP contribution in [-0.4, -0.2) is 19.5 Å². The van der Waals surface area contributed by atoms with Gasteiger partial charge in [0.15, 0.2) is 5.78 Å². The van der Waals surface area contributed by atoms with Crippen molar-refractivity contribution in [1.82, 2.24) is 0 Å². The maximum atomic E-state index is 10.6. The van der Waals surface area contributed by atoms with Crippen LogP contribution in [0.4, 0.5) is 0 Å². The van der Waals surface area contributed by atoms with Gasteiger partial charge in [-0.3, -0.25) is 4.79 Å². The van der Waals surface area contributed by atoms with Crippen LogP contribution in [0.15, 0.2) is 0 Å². The number of Topliss-reactive ketones (excluding diaryl/α,β-unsaturated/α-hetero) is 1. The van der Waals surface area contributed by atoms with Gasteiger partial charge in [-0.15, -0.1) is 0 Å². The Kier molecular flexibility index (Phi) is 3.65. The number of nitrogens with zero attached hydrogens (tertiary/aromatic N) is 1. The van der Waals surface area contributed by atoms with Crippen molar-refractivity contribution in [2.45, 2.75) is 6.92 Å². The second kappa shape index (κ2) is 4.04. The number of ketones is 1. The summed E-state index contributed by atoms with van der Waals surface area (Å²) in [5.74, 6) is -0.704. The Hall–Kier alpha value is -0.880. The van der Waals surface area contributed by atoms with Gasteiger partial charge in [0.1, 0.15) is 12.5 Å². The third-order valence-corrected chi connectivity index (χ3v) is 0.963. The van der Waals surface area contributed by atoms with Crippen molar-refractivity contribution in [1.29, 1.82) is 5.26 Å². The first-order valence-corrected chi connectivity index (χ1v) is 2.63. The summed E-state index contributed by atoms with van der Waals surface area (Å²) in [4.78, 5) is 10.6. The minimum Gasteiger partial charge on any atom is -0.377 e. The van der Waals surface area contributed by atoms with Crippen LogP contribution in [0.1, 0.15) is 6.92 Å². The molecule has 0 saturated carbocycles. The van der Waals surface area contributed by atoms with Crippen LogP contribution < -0.4 is 0 Å². The lowest BCUT2D eigenvalue weighted by Crippen LogP contribution is -2.14. The Labute approximate surface area is 54.2 Å². The standard InChI is InChI=1S/C6H9NO2/c1-5(3-7)6(8)4-9-2/h5H,4H2,1-2H3. The zero-order valence-electron chi connectivity index (χ0n) is 5.55. The normalized spacial score (nSPS) is 12.1. The number of hydrogen-bond acceptors (Lipinski definition) is 3. The molecule has 1 atom stereocenters. The van der Waals surface area contributed by atoms with E-state index in [-0.39, 0.29) is 12.4 Å². The number of hydrogen-bond donors (Lipinski definition) is 0. The van der Waals surface area contributed by atoms with Gasteiger partial charge < -0.3 is 4.74 Å². The van der Waals surface area contributed by atoms with Crippen molar-refractivity contribution in [3.8, 4) is 6.07 Å². The lowest BCUT2D eigenvalue weighted by atomic mass is 10.1. The lowest BCUT2D eigenvalue weighted by Gasteiger charge is -1.97. The SMILES string of the molecule is COCC(=O)C(C)C#N. The predicted molar refractivity (Wildman–Crippen MR) is 31.7 cm³/mol. The molecule has 1 unspecified atom stereocenters. The van der Waals surface area contributed by atoms with E-state index in [1.807, 2.05) is 6.07 Å². The summed E-state index contributed by atoms with van der Waals surface area (Å²) in [5, 5.41) is 8.21. The highest BCUT2D eigenvalue weighted by Gasteiger charge is 2.09. The number of nitriles is 1. The molecule has 0 N–H and O–H groups in total. The molecule has 3 heteroatoms. The quantitative estimate of drug-likeness (QED) is 0.550. The number of ether oxygens (including phenoxy) is 1. The van der Waals surface area contributed by atoms with E-state index in [1.165, 1.54) is 7.11 Å². The van der Waals surface area contributed by atoms with Crippen LogP contribution in [-0.2, 0) is 9.53 Å². The molecule has 0 heterocycles. The molecular formula is C6H9NO2. The smallest absolute Gasteiger partial charge is 0.175 e. The fraction of sp³-hybridized carbons (Fsp3) is 0.667. The van der Waals surface area contributed by atoms with Gasteiger partial charge in [0, 0.05) is 7.11 Å². The maximum Gasteiger partial charge on any atom is 0.175 e. The van der Waals surface area contributed by atoms with E-state index in [9.17, 15) is 4.79 Å². The molecule has 0 aliphatic carbocycles. The van der Waals surface area contributed by atoms with Crippen molar-refractivity contribution in [3.63, 3.8) is 0 Å². The summed E-state index contributed by atoms with van der Waals surface area (Å²) in [5.41, 5.74) is 0. The van der Waals surface area contributed by atoms with Crippen LogP contribution in [0.2, 0.25) is 0 Å². The second-order valence-electron chi connectivity index (χ2n) is 1.75. The van der Waals surface area contributed by atoms with Crippen LogP contribution in [0.25, 0.3) is 0 Å². The Morgan fingerprint density at radius 1 is 1.89 bits per heavy atom. The van der Waals surface area contributed by atoms with Gasteiger partial charge in [-0.05, 0) is 6.92 Å². The molecule has 50 valence electrons. The zero-order valence-corrected chi connectivity index (χ0v) is 5.55. The fourth-order valence-electron chi connectivity index (χ4n) is 0.339. The predicted octanol–water partition coefficient (Wildman–Crippen LogP) is 0.362. The summed E-state index contributed by atoms with van der Waals surface area (Å²) in [7, 11) is 1.43. The van der Waals surface area contributed by atoms with Gasteiger partial charge in [-0.25, -0.2) is 0 Å². The molecular weight excluding hydrogens is 118 g/mol. The average molecular weight is 127 g/mol. The third-order valence-electron chi connectivity index (χ3n) is 0.963. The van der Waals surface area contributed by atoms with E-state index >= 15 is 0 Å². The molecule has 3 nitrogen and oxygen atoms in total. The Morgan fingerprint density at radius 3 is 2.78 bits per heavy atom. The molecule has 0 rings (SSSR count). The van der Waals surface area contributed by atoms with Gasteiger partial charge in [0.25, 0.3) is 0 Å².